The number of sulfonamides is 1. The second kappa shape index (κ2) is 11.8. The molecule has 1 unspecified atom stereocenters. The standard InChI is InChI=1S/C25H35N3O4S/c1-6-23(25(30)26-4)27(18-21-11-8-7-9-12-21)24(29)13-10-14-28(33(5,31)32)22-16-19(2)15-20(3)17-22/h7-9,11-12,15-17,23H,6,10,13-14,18H2,1-5H3,(H,26,30). The lowest BCUT2D eigenvalue weighted by molar-refractivity contribution is -0.141. The van der Waals surface area contributed by atoms with E-state index in [9.17, 15) is 18.0 Å². The first-order valence-corrected chi connectivity index (χ1v) is 13.0. The predicted molar refractivity (Wildman–Crippen MR) is 132 cm³/mol. The molecule has 0 aliphatic heterocycles. The van der Waals surface area contributed by atoms with E-state index in [1.165, 1.54) is 10.6 Å². The van der Waals surface area contributed by atoms with Crippen LogP contribution in [0.2, 0.25) is 0 Å². The molecule has 1 N–H and O–H groups in total. The molecular weight excluding hydrogens is 438 g/mol. The van der Waals surface area contributed by atoms with Gasteiger partial charge in [-0.05, 0) is 55.5 Å². The molecule has 2 rings (SSSR count). The number of nitrogens with zero attached hydrogens (tertiary/aromatic N) is 2. The molecule has 0 saturated carbocycles. The van der Waals surface area contributed by atoms with Crippen molar-refractivity contribution in [2.45, 2.75) is 52.6 Å². The molecular formula is C25H35N3O4S. The lowest BCUT2D eigenvalue weighted by Gasteiger charge is -2.30. The Morgan fingerprint density at radius 3 is 2.15 bits per heavy atom. The minimum atomic E-state index is -3.51. The average Bonchev–Trinajstić information content (AvgIpc) is 2.75. The van der Waals surface area contributed by atoms with Gasteiger partial charge in [0.25, 0.3) is 0 Å². The van der Waals surface area contributed by atoms with Crippen LogP contribution in [-0.4, -0.2) is 51.0 Å². The van der Waals surface area contributed by atoms with Gasteiger partial charge in [-0.15, -0.1) is 0 Å². The summed E-state index contributed by atoms with van der Waals surface area (Å²) in [5, 5.41) is 2.64. The van der Waals surface area contributed by atoms with Gasteiger partial charge >= 0.3 is 0 Å². The van der Waals surface area contributed by atoms with E-state index in [4.69, 9.17) is 0 Å². The summed E-state index contributed by atoms with van der Waals surface area (Å²) in [6.45, 7) is 6.22. The molecule has 0 aromatic heterocycles. The molecule has 7 nitrogen and oxygen atoms in total. The van der Waals surface area contributed by atoms with Gasteiger partial charge < -0.3 is 10.2 Å². The summed E-state index contributed by atoms with van der Waals surface area (Å²) < 4.78 is 26.3. The van der Waals surface area contributed by atoms with Crippen LogP contribution >= 0.6 is 0 Å². The predicted octanol–water partition coefficient (Wildman–Crippen LogP) is 3.40. The first kappa shape index (κ1) is 26.4. The molecule has 0 bridgehead atoms. The van der Waals surface area contributed by atoms with Gasteiger partial charge in [0.05, 0.1) is 11.9 Å². The topological polar surface area (TPSA) is 86.8 Å². The molecule has 0 aliphatic rings. The molecule has 0 radical (unpaired) electrons. The molecule has 33 heavy (non-hydrogen) atoms. The first-order chi connectivity index (χ1) is 15.6. The van der Waals surface area contributed by atoms with Gasteiger partial charge in [-0.2, -0.15) is 0 Å². The van der Waals surface area contributed by atoms with E-state index in [-0.39, 0.29) is 24.8 Å². The number of amides is 2. The van der Waals surface area contributed by atoms with Gasteiger partial charge in [0, 0.05) is 26.6 Å². The van der Waals surface area contributed by atoms with Crippen LogP contribution in [0.4, 0.5) is 5.69 Å². The number of hydrogen-bond acceptors (Lipinski definition) is 4. The van der Waals surface area contributed by atoms with Crippen LogP contribution in [0.25, 0.3) is 0 Å². The fourth-order valence-electron chi connectivity index (χ4n) is 3.96. The number of benzene rings is 2. The molecule has 8 heteroatoms. The molecule has 0 aliphatic carbocycles. The van der Waals surface area contributed by atoms with Crippen LogP contribution < -0.4 is 9.62 Å². The zero-order chi connectivity index (χ0) is 24.6. The van der Waals surface area contributed by atoms with Crippen molar-refractivity contribution >= 4 is 27.5 Å². The van der Waals surface area contributed by atoms with Crippen molar-refractivity contribution < 1.29 is 18.0 Å². The highest BCUT2D eigenvalue weighted by molar-refractivity contribution is 7.92. The van der Waals surface area contributed by atoms with Crippen molar-refractivity contribution in [2.75, 3.05) is 24.2 Å². The lowest BCUT2D eigenvalue weighted by Crippen LogP contribution is -2.48. The Hall–Kier alpha value is -2.87. The van der Waals surface area contributed by atoms with Crippen molar-refractivity contribution in [3.05, 3.63) is 65.2 Å². The van der Waals surface area contributed by atoms with Crippen LogP contribution in [0.1, 0.15) is 42.9 Å². The third-order valence-corrected chi connectivity index (χ3v) is 6.67. The van der Waals surface area contributed by atoms with E-state index in [0.717, 1.165) is 16.7 Å². The van der Waals surface area contributed by atoms with Crippen LogP contribution in [0.3, 0.4) is 0 Å². The summed E-state index contributed by atoms with van der Waals surface area (Å²) in [4.78, 5) is 27.3. The van der Waals surface area contributed by atoms with Gasteiger partial charge in [0.2, 0.25) is 21.8 Å². The Kier molecular flexibility index (Phi) is 9.46. The molecule has 0 heterocycles. The number of nitrogens with one attached hydrogen (secondary N) is 1. The molecule has 2 amide bonds. The summed E-state index contributed by atoms with van der Waals surface area (Å²) in [6, 6.07) is 14.6. The van der Waals surface area contributed by atoms with Crippen molar-refractivity contribution in [3.63, 3.8) is 0 Å². The van der Waals surface area contributed by atoms with Gasteiger partial charge in [0.1, 0.15) is 6.04 Å². The molecule has 180 valence electrons. The largest absolute Gasteiger partial charge is 0.357 e. The molecule has 0 spiro atoms. The number of likely N-dealkylation sites (N-methyl/N-ethyl adjacent to an activating group) is 1. The second-order valence-electron chi connectivity index (χ2n) is 8.33. The number of anilines is 1. The zero-order valence-electron chi connectivity index (χ0n) is 20.2. The minimum Gasteiger partial charge on any atom is -0.357 e. The van der Waals surface area contributed by atoms with Gasteiger partial charge in [-0.3, -0.25) is 13.9 Å². The Labute approximate surface area is 197 Å². The van der Waals surface area contributed by atoms with Gasteiger partial charge in [-0.25, -0.2) is 8.42 Å². The van der Waals surface area contributed by atoms with E-state index >= 15 is 0 Å². The van der Waals surface area contributed by atoms with Gasteiger partial charge in [0.15, 0.2) is 0 Å². The smallest absolute Gasteiger partial charge is 0.242 e. The van der Waals surface area contributed by atoms with Crippen LogP contribution in [-0.2, 0) is 26.2 Å². The summed E-state index contributed by atoms with van der Waals surface area (Å²) in [7, 11) is -1.95. The highest BCUT2D eigenvalue weighted by Gasteiger charge is 2.28. The van der Waals surface area contributed by atoms with E-state index in [0.29, 0.717) is 25.1 Å². The average molecular weight is 474 g/mol. The zero-order valence-corrected chi connectivity index (χ0v) is 21.0. The maximum atomic E-state index is 13.2. The fourth-order valence-corrected chi connectivity index (χ4v) is 4.91. The third kappa shape index (κ3) is 7.60. The summed E-state index contributed by atoms with van der Waals surface area (Å²) in [5.74, 6) is -0.391. The first-order valence-electron chi connectivity index (χ1n) is 11.2. The van der Waals surface area contributed by atoms with Crippen LogP contribution in [0.15, 0.2) is 48.5 Å². The maximum Gasteiger partial charge on any atom is 0.242 e. The number of aryl methyl sites for hydroxylation is 2. The fraction of sp³-hybridized carbons (Fsp3) is 0.440. The maximum absolute atomic E-state index is 13.2. The Bertz CT molecular complexity index is 1030. The van der Waals surface area contributed by atoms with E-state index in [1.54, 1.807) is 11.9 Å². The van der Waals surface area contributed by atoms with Crippen molar-refractivity contribution in [3.8, 4) is 0 Å². The normalized spacial score (nSPS) is 12.2. The lowest BCUT2D eigenvalue weighted by atomic mass is 10.1. The van der Waals surface area contributed by atoms with Crippen molar-refractivity contribution in [2.24, 2.45) is 0 Å². The molecule has 0 saturated heterocycles. The van der Waals surface area contributed by atoms with E-state index < -0.39 is 16.1 Å². The third-order valence-electron chi connectivity index (χ3n) is 5.47. The summed E-state index contributed by atoms with van der Waals surface area (Å²) in [6.07, 6.45) is 2.13. The molecule has 1 atom stereocenters. The van der Waals surface area contributed by atoms with Crippen LogP contribution in [0.5, 0.6) is 0 Å². The quantitative estimate of drug-likeness (QED) is 0.542. The van der Waals surface area contributed by atoms with Crippen molar-refractivity contribution in [1.29, 1.82) is 0 Å². The number of hydrogen-bond donors (Lipinski definition) is 1. The Morgan fingerprint density at radius 1 is 1.03 bits per heavy atom. The summed E-state index contributed by atoms with van der Waals surface area (Å²) >= 11 is 0. The summed E-state index contributed by atoms with van der Waals surface area (Å²) in [5.41, 5.74) is 3.47. The van der Waals surface area contributed by atoms with Crippen LogP contribution in [0, 0.1) is 13.8 Å². The molecule has 2 aromatic carbocycles. The SMILES string of the molecule is CCC(C(=O)NC)N(Cc1ccccc1)C(=O)CCCN(c1cc(C)cc(C)c1)S(C)(=O)=O. The number of rotatable bonds is 11. The molecule has 2 aromatic rings. The monoisotopic (exact) mass is 473 g/mol. The van der Waals surface area contributed by atoms with Crippen molar-refractivity contribution in [1.82, 2.24) is 10.2 Å². The van der Waals surface area contributed by atoms with E-state index in [2.05, 4.69) is 5.32 Å². The number of carbonyl (C=O) groups excluding carboxylic acids is 2. The number of carbonyl (C=O) groups is 2. The Balaban J connectivity index is 2.19. The Morgan fingerprint density at radius 2 is 1.64 bits per heavy atom. The second-order valence-corrected chi connectivity index (χ2v) is 10.2. The van der Waals surface area contributed by atoms with Gasteiger partial charge in [-0.1, -0.05) is 43.3 Å². The molecule has 0 fully saturated rings. The minimum absolute atomic E-state index is 0.136. The highest BCUT2D eigenvalue weighted by atomic mass is 32.2. The highest BCUT2D eigenvalue weighted by Crippen LogP contribution is 2.22. The van der Waals surface area contributed by atoms with E-state index in [1.807, 2.05) is 69.3 Å².